The Morgan fingerprint density at radius 3 is 2.31 bits per heavy atom. The van der Waals surface area contributed by atoms with Gasteiger partial charge >= 0.3 is 0 Å². The van der Waals surface area contributed by atoms with Gasteiger partial charge in [0.25, 0.3) is 5.91 Å². The van der Waals surface area contributed by atoms with Gasteiger partial charge in [-0.1, -0.05) is 56.1 Å². The molecule has 0 spiro atoms. The fourth-order valence-electron chi connectivity index (χ4n) is 3.10. The molecule has 0 aliphatic carbocycles. The monoisotopic (exact) mass is 472 g/mol. The first-order chi connectivity index (χ1) is 15.1. The van der Waals surface area contributed by atoms with Gasteiger partial charge in [-0.05, 0) is 43.3 Å². The first-order valence-electron chi connectivity index (χ1n) is 10.3. The van der Waals surface area contributed by atoms with Crippen LogP contribution < -0.4 is 5.32 Å². The van der Waals surface area contributed by atoms with Gasteiger partial charge < -0.3 is 10.2 Å². The molecule has 32 heavy (non-hydrogen) atoms. The number of anilines is 1. The first-order valence-corrected chi connectivity index (χ1v) is 11.1. The number of nitrogens with zero attached hydrogens (tertiary/aromatic N) is 3. The quantitative estimate of drug-likeness (QED) is 0.509. The van der Waals surface area contributed by atoms with Crippen LogP contribution in [0.1, 0.15) is 43.7 Å². The van der Waals surface area contributed by atoms with Gasteiger partial charge in [0.2, 0.25) is 5.91 Å². The smallest absolute Gasteiger partial charge is 0.254 e. The Balaban J connectivity index is 1.84. The summed E-state index contributed by atoms with van der Waals surface area (Å²) in [7, 11) is 0. The van der Waals surface area contributed by atoms with Gasteiger partial charge in [0.1, 0.15) is 12.4 Å². The van der Waals surface area contributed by atoms with Crippen LogP contribution in [-0.4, -0.2) is 39.6 Å². The lowest BCUT2D eigenvalue weighted by atomic mass is 9.92. The van der Waals surface area contributed by atoms with E-state index < -0.39 is 0 Å². The van der Waals surface area contributed by atoms with Gasteiger partial charge in [-0.3, -0.25) is 9.59 Å². The maximum Gasteiger partial charge on any atom is 0.254 e. The number of likely N-dealkylation sites (N-methyl/N-ethyl adjacent to an activating group) is 1. The summed E-state index contributed by atoms with van der Waals surface area (Å²) in [6.45, 7) is 8.24. The van der Waals surface area contributed by atoms with E-state index in [0.29, 0.717) is 33.7 Å². The minimum Gasteiger partial charge on any atom is -0.330 e. The highest BCUT2D eigenvalue weighted by molar-refractivity contribution is 6.32. The molecule has 0 aliphatic rings. The van der Waals surface area contributed by atoms with Crippen molar-refractivity contribution in [2.45, 2.75) is 33.1 Å². The molecule has 8 heteroatoms. The number of hydrogen-bond acceptors (Lipinski definition) is 3. The molecular weight excluding hydrogens is 447 g/mol. The van der Waals surface area contributed by atoms with E-state index in [9.17, 15) is 9.59 Å². The van der Waals surface area contributed by atoms with Crippen molar-refractivity contribution in [3.8, 4) is 5.69 Å². The molecule has 0 unspecified atom stereocenters. The molecule has 2 aromatic carbocycles. The predicted octanol–water partition coefficient (Wildman–Crippen LogP) is 5.58. The summed E-state index contributed by atoms with van der Waals surface area (Å²) in [6.07, 6.45) is 0. The van der Waals surface area contributed by atoms with Crippen LogP contribution >= 0.6 is 23.2 Å². The third-order valence-electron chi connectivity index (χ3n) is 4.92. The van der Waals surface area contributed by atoms with E-state index in [1.807, 2.05) is 52.0 Å². The highest BCUT2D eigenvalue weighted by Gasteiger charge is 2.23. The van der Waals surface area contributed by atoms with Gasteiger partial charge in [-0.15, -0.1) is 0 Å². The number of hydrogen-bond donors (Lipinski definition) is 1. The van der Waals surface area contributed by atoms with Crippen LogP contribution in [0, 0.1) is 0 Å². The number of amides is 2. The van der Waals surface area contributed by atoms with E-state index in [1.54, 1.807) is 35.0 Å². The third-order valence-corrected chi connectivity index (χ3v) is 5.49. The Morgan fingerprint density at radius 2 is 1.72 bits per heavy atom. The fraction of sp³-hybridized carbons (Fsp3) is 0.292. The van der Waals surface area contributed by atoms with Gasteiger partial charge in [-0.2, -0.15) is 5.10 Å². The topological polar surface area (TPSA) is 67.2 Å². The third kappa shape index (κ3) is 5.50. The van der Waals surface area contributed by atoms with Gasteiger partial charge in [0, 0.05) is 28.6 Å². The van der Waals surface area contributed by atoms with Crippen LogP contribution in [0.2, 0.25) is 10.0 Å². The van der Waals surface area contributed by atoms with E-state index in [4.69, 9.17) is 23.2 Å². The highest BCUT2D eigenvalue weighted by Crippen LogP contribution is 2.29. The van der Waals surface area contributed by atoms with Crippen LogP contribution in [0.25, 0.3) is 5.69 Å². The van der Waals surface area contributed by atoms with Crippen molar-refractivity contribution in [3.05, 3.63) is 75.9 Å². The largest absolute Gasteiger partial charge is 0.330 e. The van der Waals surface area contributed by atoms with E-state index in [-0.39, 0.29) is 23.8 Å². The summed E-state index contributed by atoms with van der Waals surface area (Å²) in [4.78, 5) is 27.2. The average molecular weight is 473 g/mol. The number of benzene rings is 2. The standard InChI is InChI=1S/C24H26Cl2N4O2/c1-5-29(23(32)16-10-12-17(25)13-11-16)15-22(31)27-21-14-20(24(2,3)4)28-30(21)19-9-7-6-8-18(19)26/h6-14H,5,15H2,1-4H3,(H,27,31). The van der Waals surface area contributed by atoms with E-state index in [2.05, 4.69) is 10.4 Å². The molecule has 2 amide bonds. The summed E-state index contributed by atoms with van der Waals surface area (Å²) in [5, 5.41) is 8.64. The molecule has 0 radical (unpaired) electrons. The summed E-state index contributed by atoms with van der Waals surface area (Å²) in [5.74, 6) is -0.0832. The number of carbonyl (C=O) groups is 2. The summed E-state index contributed by atoms with van der Waals surface area (Å²) in [5.41, 5.74) is 1.70. The number of carbonyl (C=O) groups excluding carboxylic acids is 2. The Morgan fingerprint density at radius 1 is 1.06 bits per heavy atom. The lowest BCUT2D eigenvalue weighted by Crippen LogP contribution is -2.38. The lowest BCUT2D eigenvalue weighted by molar-refractivity contribution is -0.116. The Hall–Kier alpha value is -2.83. The molecule has 3 aromatic rings. The molecule has 1 N–H and O–H groups in total. The van der Waals surface area contributed by atoms with Crippen LogP contribution in [-0.2, 0) is 10.2 Å². The second-order valence-corrected chi connectivity index (χ2v) is 9.25. The van der Waals surface area contributed by atoms with Gasteiger partial charge in [0.05, 0.1) is 16.4 Å². The minimum atomic E-state index is -0.331. The average Bonchev–Trinajstić information content (AvgIpc) is 3.16. The van der Waals surface area contributed by atoms with Crippen molar-refractivity contribution < 1.29 is 9.59 Å². The normalized spacial score (nSPS) is 11.3. The maximum atomic E-state index is 12.9. The predicted molar refractivity (Wildman–Crippen MR) is 129 cm³/mol. The molecule has 0 aliphatic heterocycles. The van der Waals surface area contributed by atoms with Crippen LogP contribution in [0.15, 0.2) is 54.6 Å². The first kappa shape index (κ1) is 23.8. The molecule has 1 heterocycles. The Bertz CT molecular complexity index is 1120. The van der Waals surface area contributed by atoms with Crippen molar-refractivity contribution >= 4 is 40.8 Å². The molecular formula is C24H26Cl2N4O2. The van der Waals surface area contributed by atoms with Crippen LogP contribution in [0.3, 0.4) is 0 Å². The number of halogens is 2. The van der Waals surface area contributed by atoms with E-state index >= 15 is 0 Å². The molecule has 0 saturated carbocycles. The number of nitrogens with one attached hydrogen (secondary N) is 1. The zero-order valence-corrected chi connectivity index (χ0v) is 20.0. The minimum absolute atomic E-state index is 0.101. The highest BCUT2D eigenvalue weighted by atomic mass is 35.5. The van der Waals surface area contributed by atoms with Crippen molar-refractivity contribution in [1.82, 2.24) is 14.7 Å². The second kappa shape index (κ2) is 9.76. The molecule has 6 nitrogen and oxygen atoms in total. The molecule has 0 bridgehead atoms. The Kier molecular flexibility index (Phi) is 7.26. The lowest BCUT2D eigenvalue weighted by Gasteiger charge is -2.20. The number of rotatable bonds is 6. The molecule has 0 fully saturated rings. The molecule has 168 valence electrons. The zero-order chi connectivity index (χ0) is 23.5. The number of aromatic nitrogens is 2. The second-order valence-electron chi connectivity index (χ2n) is 8.40. The number of para-hydroxylation sites is 1. The van der Waals surface area contributed by atoms with Crippen LogP contribution in [0.5, 0.6) is 0 Å². The van der Waals surface area contributed by atoms with Gasteiger partial charge in [-0.25, -0.2) is 4.68 Å². The molecule has 0 saturated heterocycles. The SMILES string of the molecule is CCN(CC(=O)Nc1cc(C(C)(C)C)nn1-c1ccccc1Cl)C(=O)c1ccc(Cl)cc1. The van der Waals surface area contributed by atoms with E-state index in [0.717, 1.165) is 5.69 Å². The molecule has 3 rings (SSSR count). The van der Waals surface area contributed by atoms with Crippen molar-refractivity contribution in [2.75, 3.05) is 18.4 Å². The maximum absolute atomic E-state index is 12.9. The van der Waals surface area contributed by atoms with Crippen molar-refractivity contribution in [3.63, 3.8) is 0 Å². The van der Waals surface area contributed by atoms with Crippen LogP contribution in [0.4, 0.5) is 5.82 Å². The zero-order valence-electron chi connectivity index (χ0n) is 18.5. The summed E-state index contributed by atoms with van der Waals surface area (Å²) < 4.78 is 1.62. The van der Waals surface area contributed by atoms with Crippen molar-refractivity contribution in [2.24, 2.45) is 0 Å². The molecule has 0 atom stereocenters. The fourth-order valence-corrected chi connectivity index (χ4v) is 3.44. The Labute approximate surface area is 198 Å². The van der Waals surface area contributed by atoms with E-state index in [1.165, 1.54) is 4.90 Å². The van der Waals surface area contributed by atoms with Gasteiger partial charge in [0.15, 0.2) is 0 Å². The molecule has 1 aromatic heterocycles. The van der Waals surface area contributed by atoms with Crippen molar-refractivity contribution in [1.29, 1.82) is 0 Å². The summed E-state index contributed by atoms with van der Waals surface area (Å²) in [6, 6.07) is 15.7. The summed E-state index contributed by atoms with van der Waals surface area (Å²) >= 11 is 12.3.